The Kier molecular flexibility index (Phi) is 14.6. The average molecular weight is 555 g/mol. The van der Waals surface area contributed by atoms with E-state index in [0.717, 1.165) is 4.90 Å². The molecule has 1 heterocycles. The van der Waals surface area contributed by atoms with E-state index in [9.17, 15) is 24.0 Å². The Bertz CT molecular complexity index is 833. The van der Waals surface area contributed by atoms with Crippen molar-refractivity contribution in [1.82, 2.24) is 20.9 Å². The van der Waals surface area contributed by atoms with Crippen LogP contribution in [0.25, 0.3) is 0 Å². The second-order valence-corrected chi connectivity index (χ2v) is 12.4. The Labute approximate surface area is 233 Å². The number of nitrogens with zero attached hydrogens (tertiary/aromatic N) is 1. The number of likely N-dealkylation sites (tertiary alicyclic amines) is 1. The lowest BCUT2D eigenvalue weighted by Gasteiger charge is -2.24. The molecular formula is C28H50N4O7. The summed E-state index contributed by atoms with van der Waals surface area (Å²) in [7, 11) is 0. The van der Waals surface area contributed by atoms with Gasteiger partial charge in [0.05, 0.1) is 26.4 Å². The SMILES string of the molecule is CC1CC(=O)N(CCC(=O)NCCCC[C@H](NC(=O)C(C)(C)C)C(=O)NCCOCCOCC(C)(C)C)C1=O. The highest BCUT2D eigenvalue weighted by Crippen LogP contribution is 2.18. The Morgan fingerprint density at radius 3 is 2.21 bits per heavy atom. The van der Waals surface area contributed by atoms with Crippen LogP contribution in [0.15, 0.2) is 0 Å². The molecule has 39 heavy (non-hydrogen) atoms. The first-order valence-electron chi connectivity index (χ1n) is 14.0. The molecule has 0 saturated carbocycles. The zero-order chi connectivity index (χ0) is 29.6. The molecule has 1 unspecified atom stereocenters. The van der Waals surface area contributed by atoms with Gasteiger partial charge in [-0.1, -0.05) is 48.5 Å². The number of imide groups is 1. The third-order valence-electron chi connectivity index (χ3n) is 6.03. The topological polar surface area (TPSA) is 143 Å². The number of amides is 5. The maximum atomic E-state index is 12.8. The van der Waals surface area contributed by atoms with E-state index >= 15 is 0 Å². The molecule has 11 heteroatoms. The van der Waals surface area contributed by atoms with Crippen LogP contribution in [-0.4, -0.2) is 86.5 Å². The van der Waals surface area contributed by atoms with Gasteiger partial charge in [-0.25, -0.2) is 0 Å². The van der Waals surface area contributed by atoms with Gasteiger partial charge in [0.25, 0.3) is 0 Å². The van der Waals surface area contributed by atoms with Crippen LogP contribution in [0.3, 0.4) is 0 Å². The number of carbonyl (C=O) groups excluding carboxylic acids is 5. The van der Waals surface area contributed by atoms with Crippen LogP contribution in [0.2, 0.25) is 0 Å². The molecule has 1 fully saturated rings. The molecule has 0 bridgehead atoms. The van der Waals surface area contributed by atoms with Gasteiger partial charge in [-0.2, -0.15) is 0 Å². The zero-order valence-corrected chi connectivity index (χ0v) is 24.9. The number of hydrogen-bond acceptors (Lipinski definition) is 7. The van der Waals surface area contributed by atoms with Crippen molar-refractivity contribution in [1.29, 1.82) is 0 Å². The van der Waals surface area contributed by atoms with Crippen LogP contribution in [-0.2, 0) is 33.4 Å². The van der Waals surface area contributed by atoms with Crippen molar-refractivity contribution in [3.8, 4) is 0 Å². The van der Waals surface area contributed by atoms with E-state index in [2.05, 4.69) is 36.7 Å². The highest BCUT2D eigenvalue weighted by molar-refractivity contribution is 6.03. The maximum Gasteiger partial charge on any atom is 0.242 e. The van der Waals surface area contributed by atoms with Gasteiger partial charge in [0.1, 0.15) is 6.04 Å². The molecule has 2 atom stereocenters. The minimum absolute atomic E-state index is 0.0572. The standard InChI is InChI=1S/C28H50N4O7/c1-20-18-23(34)32(25(20)36)14-11-22(33)29-12-9-8-10-21(31-26(37)28(5,6)7)24(35)30-13-15-38-16-17-39-19-27(2,3)4/h20-21H,8-19H2,1-7H3,(H,29,33)(H,30,35)(H,31,37)/t20?,21-/m0/s1. The molecule has 5 amide bonds. The highest BCUT2D eigenvalue weighted by Gasteiger charge is 2.35. The third-order valence-corrected chi connectivity index (χ3v) is 6.03. The summed E-state index contributed by atoms with van der Waals surface area (Å²) in [5, 5.41) is 8.44. The summed E-state index contributed by atoms with van der Waals surface area (Å²) < 4.78 is 11.1. The second kappa shape index (κ2) is 16.5. The molecule has 1 saturated heterocycles. The Hall–Kier alpha value is -2.53. The van der Waals surface area contributed by atoms with Crippen LogP contribution >= 0.6 is 0 Å². The van der Waals surface area contributed by atoms with Crippen LogP contribution in [0.5, 0.6) is 0 Å². The van der Waals surface area contributed by atoms with E-state index in [1.807, 2.05) is 0 Å². The molecule has 1 aliphatic heterocycles. The Morgan fingerprint density at radius 2 is 1.62 bits per heavy atom. The van der Waals surface area contributed by atoms with Crippen molar-refractivity contribution in [2.24, 2.45) is 16.7 Å². The number of ether oxygens (including phenoxy) is 2. The maximum absolute atomic E-state index is 12.8. The monoisotopic (exact) mass is 554 g/mol. The predicted octanol–water partition coefficient (Wildman–Crippen LogP) is 1.78. The molecule has 0 spiro atoms. The fourth-order valence-corrected chi connectivity index (χ4v) is 3.70. The summed E-state index contributed by atoms with van der Waals surface area (Å²) in [6, 6.07) is -0.697. The van der Waals surface area contributed by atoms with E-state index in [1.54, 1.807) is 27.7 Å². The van der Waals surface area contributed by atoms with Gasteiger partial charge >= 0.3 is 0 Å². The van der Waals surface area contributed by atoms with Crippen LogP contribution in [0.1, 0.15) is 80.6 Å². The van der Waals surface area contributed by atoms with Crippen molar-refractivity contribution in [3.05, 3.63) is 0 Å². The molecule has 1 rings (SSSR count). The first-order chi connectivity index (χ1) is 18.1. The summed E-state index contributed by atoms with van der Waals surface area (Å²) in [5.41, 5.74) is -0.541. The van der Waals surface area contributed by atoms with Crippen molar-refractivity contribution >= 4 is 29.5 Å². The first-order valence-corrected chi connectivity index (χ1v) is 14.0. The summed E-state index contributed by atoms with van der Waals surface area (Å²) in [4.78, 5) is 62.3. The minimum atomic E-state index is -0.697. The number of hydrogen-bond donors (Lipinski definition) is 3. The summed E-state index contributed by atoms with van der Waals surface area (Å²) >= 11 is 0. The van der Waals surface area contributed by atoms with Gasteiger partial charge in [0, 0.05) is 43.8 Å². The van der Waals surface area contributed by atoms with Crippen LogP contribution < -0.4 is 16.0 Å². The molecule has 224 valence electrons. The van der Waals surface area contributed by atoms with E-state index in [1.165, 1.54) is 0 Å². The molecular weight excluding hydrogens is 504 g/mol. The van der Waals surface area contributed by atoms with Gasteiger partial charge < -0.3 is 25.4 Å². The van der Waals surface area contributed by atoms with Crippen LogP contribution in [0, 0.1) is 16.7 Å². The van der Waals surface area contributed by atoms with Gasteiger partial charge in [0.2, 0.25) is 29.5 Å². The lowest BCUT2D eigenvalue weighted by molar-refractivity contribution is -0.139. The zero-order valence-electron chi connectivity index (χ0n) is 24.9. The average Bonchev–Trinajstić information content (AvgIpc) is 3.07. The summed E-state index contributed by atoms with van der Waals surface area (Å²) in [6.45, 7) is 16.0. The van der Waals surface area contributed by atoms with Crippen molar-refractivity contribution in [2.75, 3.05) is 46.1 Å². The minimum Gasteiger partial charge on any atom is -0.379 e. The molecule has 0 aromatic heterocycles. The van der Waals surface area contributed by atoms with Crippen molar-refractivity contribution in [2.45, 2.75) is 86.6 Å². The van der Waals surface area contributed by atoms with Gasteiger partial charge in [-0.15, -0.1) is 0 Å². The molecule has 0 aromatic rings. The molecule has 3 N–H and O–H groups in total. The molecule has 0 aliphatic carbocycles. The first kappa shape index (κ1) is 34.5. The summed E-state index contributed by atoms with van der Waals surface area (Å²) in [5.74, 6) is -1.53. The van der Waals surface area contributed by atoms with E-state index < -0.39 is 11.5 Å². The molecule has 0 aromatic carbocycles. The number of rotatable bonds is 17. The lowest BCUT2D eigenvalue weighted by atomic mass is 9.94. The number of unbranched alkanes of at least 4 members (excludes halogenated alkanes) is 1. The fraction of sp³-hybridized carbons (Fsp3) is 0.821. The predicted molar refractivity (Wildman–Crippen MR) is 147 cm³/mol. The summed E-state index contributed by atoms with van der Waals surface area (Å²) in [6.07, 6.45) is 1.88. The lowest BCUT2D eigenvalue weighted by Crippen LogP contribution is -2.50. The third kappa shape index (κ3) is 14.4. The number of carbonyl (C=O) groups is 5. The van der Waals surface area contributed by atoms with Crippen molar-refractivity contribution < 1.29 is 33.4 Å². The normalized spacial score (nSPS) is 16.8. The smallest absolute Gasteiger partial charge is 0.242 e. The van der Waals surface area contributed by atoms with Crippen LogP contribution in [0.4, 0.5) is 0 Å². The number of nitrogens with one attached hydrogen (secondary N) is 3. The van der Waals surface area contributed by atoms with Gasteiger partial charge in [0.15, 0.2) is 0 Å². The Morgan fingerprint density at radius 1 is 0.949 bits per heavy atom. The molecule has 11 nitrogen and oxygen atoms in total. The fourth-order valence-electron chi connectivity index (χ4n) is 3.70. The molecule has 1 aliphatic rings. The van der Waals surface area contributed by atoms with Gasteiger partial charge in [-0.3, -0.25) is 28.9 Å². The van der Waals surface area contributed by atoms with Gasteiger partial charge in [-0.05, 0) is 24.7 Å². The van der Waals surface area contributed by atoms with Crippen molar-refractivity contribution in [3.63, 3.8) is 0 Å². The largest absolute Gasteiger partial charge is 0.379 e. The van der Waals surface area contributed by atoms with E-state index in [0.29, 0.717) is 58.8 Å². The Balaban J connectivity index is 2.35. The van der Waals surface area contributed by atoms with E-state index in [4.69, 9.17) is 9.47 Å². The second-order valence-electron chi connectivity index (χ2n) is 12.4. The highest BCUT2D eigenvalue weighted by atomic mass is 16.5. The molecule has 0 radical (unpaired) electrons. The quantitative estimate of drug-likeness (QED) is 0.184. The van der Waals surface area contributed by atoms with E-state index in [-0.39, 0.29) is 60.3 Å².